The fourth-order valence-electron chi connectivity index (χ4n) is 1.01. The molecule has 0 rings (SSSR count). The summed E-state index contributed by atoms with van der Waals surface area (Å²) in [6.07, 6.45) is 3.52. The summed E-state index contributed by atoms with van der Waals surface area (Å²) < 4.78 is 0. The fourth-order valence-corrected chi connectivity index (χ4v) is 1.01. The molecule has 1 N–H and O–H groups in total. The van der Waals surface area contributed by atoms with Crippen LogP contribution >= 0.6 is 0 Å². The molecule has 0 bridgehead atoms. The van der Waals surface area contributed by atoms with Gasteiger partial charge in [0.1, 0.15) is 0 Å². The van der Waals surface area contributed by atoms with Gasteiger partial charge in [-0.25, -0.2) is 0 Å². The molecule has 0 fully saturated rings. The molecule has 0 atom stereocenters. The second-order valence-electron chi connectivity index (χ2n) is 3.05. The second-order valence-corrected chi connectivity index (χ2v) is 3.05. The van der Waals surface area contributed by atoms with Crippen LogP contribution in [0.1, 0.15) is 26.2 Å². The van der Waals surface area contributed by atoms with Gasteiger partial charge >= 0.3 is 0 Å². The summed E-state index contributed by atoms with van der Waals surface area (Å²) in [7, 11) is 3.65. The number of unbranched alkanes of at least 4 members (excludes halogenated alkanes) is 2. The molecule has 0 aliphatic rings. The van der Waals surface area contributed by atoms with E-state index in [2.05, 4.69) is 12.2 Å². The number of carbonyl (C=O) groups is 1. The van der Waals surface area contributed by atoms with Crippen molar-refractivity contribution in [2.24, 2.45) is 0 Å². The highest BCUT2D eigenvalue weighted by Gasteiger charge is 2.05. The zero-order valence-corrected chi connectivity index (χ0v) is 8.39. The van der Waals surface area contributed by atoms with Crippen molar-refractivity contribution in [2.75, 3.05) is 27.2 Å². The van der Waals surface area contributed by atoms with Gasteiger partial charge in [-0.05, 0) is 13.5 Å². The van der Waals surface area contributed by atoms with Gasteiger partial charge in [0.05, 0.1) is 6.54 Å². The zero-order valence-electron chi connectivity index (χ0n) is 8.39. The van der Waals surface area contributed by atoms with Crippen molar-refractivity contribution in [2.45, 2.75) is 26.2 Å². The molecule has 3 nitrogen and oxygen atoms in total. The topological polar surface area (TPSA) is 32.3 Å². The van der Waals surface area contributed by atoms with E-state index >= 15 is 0 Å². The average molecular weight is 172 g/mol. The molecule has 12 heavy (non-hydrogen) atoms. The summed E-state index contributed by atoms with van der Waals surface area (Å²) in [6.45, 7) is 3.49. The number of nitrogens with one attached hydrogen (secondary N) is 1. The number of rotatable bonds is 6. The predicted molar refractivity (Wildman–Crippen MR) is 51.1 cm³/mol. The van der Waals surface area contributed by atoms with Gasteiger partial charge in [-0.1, -0.05) is 19.8 Å². The minimum Gasteiger partial charge on any atom is -0.345 e. The molecule has 0 saturated heterocycles. The van der Waals surface area contributed by atoms with E-state index in [1.807, 2.05) is 7.05 Å². The third-order valence-electron chi connectivity index (χ3n) is 1.85. The molecular weight excluding hydrogens is 152 g/mol. The minimum absolute atomic E-state index is 0.175. The van der Waals surface area contributed by atoms with Crippen LogP contribution in [0.3, 0.4) is 0 Å². The van der Waals surface area contributed by atoms with Crippen molar-refractivity contribution < 1.29 is 4.79 Å². The van der Waals surface area contributed by atoms with Crippen LogP contribution in [0, 0.1) is 0 Å². The molecular formula is C9H20N2O. The van der Waals surface area contributed by atoms with Crippen molar-refractivity contribution in [3.05, 3.63) is 0 Å². The quantitative estimate of drug-likeness (QED) is 0.603. The number of carbonyl (C=O) groups excluding carboxylic acids is 1. The van der Waals surface area contributed by atoms with E-state index in [1.54, 1.807) is 11.9 Å². The molecule has 3 heteroatoms. The van der Waals surface area contributed by atoms with E-state index in [0.717, 1.165) is 13.0 Å². The highest BCUT2D eigenvalue weighted by Crippen LogP contribution is 1.95. The molecule has 0 radical (unpaired) electrons. The van der Waals surface area contributed by atoms with E-state index in [-0.39, 0.29) is 5.91 Å². The molecule has 0 spiro atoms. The summed E-state index contributed by atoms with van der Waals surface area (Å²) >= 11 is 0. The number of hydrogen-bond donors (Lipinski definition) is 1. The summed E-state index contributed by atoms with van der Waals surface area (Å²) in [6, 6.07) is 0. The number of amides is 1. The van der Waals surface area contributed by atoms with Gasteiger partial charge in [0.2, 0.25) is 5.91 Å². The Labute approximate surface area is 75.1 Å². The molecule has 0 aromatic carbocycles. The first kappa shape index (κ1) is 11.4. The Morgan fingerprint density at radius 1 is 1.42 bits per heavy atom. The first-order valence-corrected chi connectivity index (χ1v) is 4.61. The highest BCUT2D eigenvalue weighted by molar-refractivity contribution is 5.77. The summed E-state index contributed by atoms with van der Waals surface area (Å²) in [4.78, 5) is 13.0. The van der Waals surface area contributed by atoms with E-state index in [1.165, 1.54) is 12.8 Å². The van der Waals surface area contributed by atoms with Crippen LogP contribution in [0.2, 0.25) is 0 Å². The van der Waals surface area contributed by atoms with Gasteiger partial charge < -0.3 is 10.2 Å². The highest BCUT2D eigenvalue weighted by atomic mass is 16.2. The lowest BCUT2D eigenvalue weighted by Gasteiger charge is -2.16. The first-order chi connectivity index (χ1) is 5.72. The van der Waals surface area contributed by atoms with E-state index in [0.29, 0.717) is 6.54 Å². The van der Waals surface area contributed by atoms with Gasteiger partial charge in [-0.15, -0.1) is 0 Å². The van der Waals surface area contributed by atoms with Gasteiger partial charge in [0.15, 0.2) is 0 Å². The summed E-state index contributed by atoms with van der Waals surface area (Å²) in [5, 5.41) is 2.85. The third kappa shape index (κ3) is 5.13. The van der Waals surface area contributed by atoms with E-state index in [4.69, 9.17) is 0 Å². The van der Waals surface area contributed by atoms with Crippen LogP contribution in [-0.4, -0.2) is 38.0 Å². The van der Waals surface area contributed by atoms with Crippen molar-refractivity contribution in [3.8, 4) is 0 Å². The zero-order chi connectivity index (χ0) is 9.40. The molecule has 0 saturated carbocycles. The van der Waals surface area contributed by atoms with Crippen molar-refractivity contribution in [3.63, 3.8) is 0 Å². The van der Waals surface area contributed by atoms with E-state index < -0.39 is 0 Å². The average Bonchev–Trinajstić information content (AvgIpc) is 2.05. The van der Waals surface area contributed by atoms with Crippen LogP contribution in [0.4, 0.5) is 0 Å². The monoisotopic (exact) mass is 172 g/mol. The largest absolute Gasteiger partial charge is 0.345 e. The van der Waals surface area contributed by atoms with Crippen LogP contribution in [0.15, 0.2) is 0 Å². The molecule has 1 amide bonds. The SMILES string of the molecule is CCCCCN(C)C(=O)CNC. The Morgan fingerprint density at radius 2 is 2.08 bits per heavy atom. The van der Waals surface area contributed by atoms with Gasteiger partial charge in [-0.3, -0.25) is 4.79 Å². The maximum Gasteiger partial charge on any atom is 0.236 e. The van der Waals surface area contributed by atoms with Crippen molar-refractivity contribution in [1.82, 2.24) is 10.2 Å². The van der Waals surface area contributed by atoms with Crippen LogP contribution in [-0.2, 0) is 4.79 Å². The minimum atomic E-state index is 0.175. The van der Waals surface area contributed by atoms with Gasteiger partial charge in [0.25, 0.3) is 0 Å². The van der Waals surface area contributed by atoms with Crippen molar-refractivity contribution in [1.29, 1.82) is 0 Å². The van der Waals surface area contributed by atoms with E-state index in [9.17, 15) is 4.79 Å². The molecule has 0 heterocycles. The van der Waals surface area contributed by atoms with Crippen LogP contribution in [0.5, 0.6) is 0 Å². The second kappa shape index (κ2) is 7.10. The van der Waals surface area contributed by atoms with Crippen LogP contribution in [0.25, 0.3) is 0 Å². The number of nitrogens with zero attached hydrogens (tertiary/aromatic N) is 1. The fraction of sp³-hybridized carbons (Fsp3) is 0.889. The summed E-state index contributed by atoms with van der Waals surface area (Å²) in [5.41, 5.74) is 0. The van der Waals surface area contributed by atoms with Crippen molar-refractivity contribution >= 4 is 5.91 Å². The molecule has 0 aromatic heterocycles. The number of hydrogen-bond acceptors (Lipinski definition) is 2. The first-order valence-electron chi connectivity index (χ1n) is 4.61. The standard InChI is InChI=1S/C9H20N2O/c1-4-5-6-7-11(3)9(12)8-10-2/h10H,4-8H2,1-3H3. The molecule has 0 aliphatic heterocycles. The van der Waals surface area contributed by atoms with Gasteiger partial charge in [0, 0.05) is 13.6 Å². The Hall–Kier alpha value is -0.570. The summed E-state index contributed by atoms with van der Waals surface area (Å²) in [5.74, 6) is 0.175. The lowest BCUT2D eigenvalue weighted by molar-refractivity contribution is -0.128. The molecule has 0 aromatic rings. The van der Waals surface area contributed by atoms with Crippen LogP contribution < -0.4 is 5.32 Å². The maximum atomic E-state index is 11.2. The third-order valence-corrected chi connectivity index (χ3v) is 1.85. The normalized spacial score (nSPS) is 9.92. The Balaban J connectivity index is 3.42. The Kier molecular flexibility index (Phi) is 6.76. The predicted octanol–water partition coefficient (Wildman–Crippen LogP) is 0.854. The number of likely N-dealkylation sites (N-methyl/N-ethyl adjacent to an activating group) is 2. The van der Waals surface area contributed by atoms with Gasteiger partial charge in [-0.2, -0.15) is 0 Å². The smallest absolute Gasteiger partial charge is 0.236 e. The Bertz CT molecular complexity index is 126. The lowest BCUT2D eigenvalue weighted by atomic mass is 10.2. The molecule has 0 unspecified atom stereocenters. The Morgan fingerprint density at radius 3 is 2.58 bits per heavy atom. The molecule has 72 valence electrons. The lowest BCUT2D eigenvalue weighted by Crippen LogP contribution is -2.34. The molecule has 0 aliphatic carbocycles. The maximum absolute atomic E-state index is 11.2.